The maximum Gasteiger partial charge on any atom is 0.261 e. The largest absolute Gasteiger partial charge is 0.372 e. The highest BCUT2D eigenvalue weighted by atomic mass is 16.1. The van der Waals surface area contributed by atoms with E-state index in [4.69, 9.17) is 4.98 Å². The Morgan fingerprint density at radius 1 is 1.09 bits per heavy atom. The van der Waals surface area contributed by atoms with Gasteiger partial charge in [0.05, 0.1) is 28.3 Å². The van der Waals surface area contributed by atoms with E-state index in [-0.39, 0.29) is 17.5 Å². The van der Waals surface area contributed by atoms with Gasteiger partial charge in [0, 0.05) is 25.6 Å². The molecule has 162 valence electrons. The molecule has 0 amide bonds. The second-order valence-electron chi connectivity index (χ2n) is 8.35. The van der Waals surface area contributed by atoms with Gasteiger partial charge in [0.15, 0.2) is 5.82 Å². The lowest BCUT2D eigenvalue weighted by Crippen LogP contribution is -2.22. The lowest BCUT2D eigenvalue weighted by molar-refractivity contribution is 0.521. The summed E-state index contributed by atoms with van der Waals surface area (Å²) in [7, 11) is 1.83. The predicted octanol–water partition coefficient (Wildman–Crippen LogP) is 3.71. The number of pyridine rings is 1. The number of hydrogen-bond donors (Lipinski definition) is 3. The van der Waals surface area contributed by atoms with E-state index in [2.05, 4.69) is 44.2 Å². The number of H-pyrrole nitrogens is 2. The smallest absolute Gasteiger partial charge is 0.261 e. The van der Waals surface area contributed by atoms with Crippen molar-refractivity contribution in [1.82, 2.24) is 34.7 Å². The lowest BCUT2D eigenvalue weighted by atomic mass is 10.0. The fourth-order valence-corrected chi connectivity index (χ4v) is 3.95. The van der Waals surface area contributed by atoms with E-state index in [1.54, 1.807) is 29.3 Å². The van der Waals surface area contributed by atoms with Crippen molar-refractivity contribution in [2.75, 3.05) is 5.32 Å². The molecule has 0 bridgehead atoms. The first kappa shape index (κ1) is 19.9. The van der Waals surface area contributed by atoms with Crippen LogP contribution in [0.15, 0.2) is 47.7 Å². The summed E-state index contributed by atoms with van der Waals surface area (Å²) in [5.41, 5.74) is 4.84. The normalized spacial score (nSPS) is 12.7. The summed E-state index contributed by atoms with van der Waals surface area (Å²) < 4.78 is 1.68. The number of nitrogens with one attached hydrogen (secondary N) is 3. The van der Waals surface area contributed by atoms with Gasteiger partial charge in [0.2, 0.25) is 0 Å². The molecule has 32 heavy (non-hydrogen) atoms. The zero-order chi connectivity index (χ0) is 22.4. The summed E-state index contributed by atoms with van der Waals surface area (Å²) in [6, 6.07) is 7.52. The molecule has 4 aromatic heterocycles. The number of imidazole rings is 1. The molecular weight excluding hydrogens is 404 g/mol. The van der Waals surface area contributed by atoms with Crippen molar-refractivity contribution in [1.29, 1.82) is 0 Å². The molecule has 0 aliphatic carbocycles. The predicted molar refractivity (Wildman–Crippen MR) is 124 cm³/mol. The highest BCUT2D eigenvalue weighted by molar-refractivity contribution is 5.96. The van der Waals surface area contributed by atoms with Crippen LogP contribution >= 0.6 is 0 Å². The average Bonchev–Trinajstić information content (AvgIpc) is 3.33. The van der Waals surface area contributed by atoms with E-state index in [9.17, 15) is 4.79 Å². The molecule has 0 aliphatic rings. The van der Waals surface area contributed by atoms with Gasteiger partial charge >= 0.3 is 0 Å². The van der Waals surface area contributed by atoms with E-state index in [0.717, 1.165) is 16.6 Å². The molecular formula is C23H24N8O. The monoisotopic (exact) mass is 428 g/mol. The van der Waals surface area contributed by atoms with Crippen LogP contribution in [0.1, 0.15) is 31.3 Å². The molecule has 3 N–H and O–H groups in total. The molecule has 5 aromatic rings. The minimum atomic E-state index is -0.250. The number of aromatic amines is 2. The Morgan fingerprint density at radius 3 is 2.62 bits per heavy atom. The number of aromatic nitrogens is 7. The van der Waals surface area contributed by atoms with Crippen molar-refractivity contribution >= 4 is 27.8 Å². The van der Waals surface area contributed by atoms with Crippen LogP contribution in [0.3, 0.4) is 0 Å². The number of rotatable bonds is 5. The number of benzene rings is 1. The molecule has 5 rings (SSSR count). The summed E-state index contributed by atoms with van der Waals surface area (Å²) in [5.74, 6) is 1.29. The first-order chi connectivity index (χ1) is 15.4. The van der Waals surface area contributed by atoms with Gasteiger partial charge in [-0.05, 0) is 36.6 Å². The van der Waals surface area contributed by atoms with Crippen molar-refractivity contribution < 1.29 is 0 Å². The number of aryl methyl sites for hydroxylation is 2. The van der Waals surface area contributed by atoms with Gasteiger partial charge in [-0.1, -0.05) is 19.9 Å². The van der Waals surface area contributed by atoms with Gasteiger partial charge in [-0.3, -0.25) is 9.48 Å². The van der Waals surface area contributed by atoms with E-state index in [1.165, 1.54) is 0 Å². The number of anilines is 1. The van der Waals surface area contributed by atoms with Gasteiger partial charge in [0.1, 0.15) is 16.9 Å². The van der Waals surface area contributed by atoms with E-state index in [0.29, 0.717) is 33.9 Å². The summed E-state index contributed by atoms with van der Waals surface area (Å²) in [4.78, 5) is 33.1. The van der Waals surface area contributed by atoms with Crippen LogP contribution in [0.2, 0.25) is 0 Å². The quantitative estimate of drug-likeness (QED) is 0.393. The molecule has 0 fully saturated rings. The van der Waals surface area contributed by atoms with Crippen molar-refractivity contribution in [2.24, 2.45) is 13.0 Å². The van der Waals surface area contributed by atoms with Gasteiger partial charge in [-0.25, -0.2) is 15.0 Å². The minimum Gasteiger partial charge on any atom is -0.372 e. The third-order valence-corrected chi connectivity index (χ3v) is 5.50. The Kier molecular flexibility index (Phi) is 4.73. The standard InChI is InChI=1S/C23H24N8O/c1-12(2)18(22-24-8-5-9-25-22)29-20-17(23(32)28-16-11-31(4)30-19(16)20)21-26-14-7-6-13(3)10-15(14)27-21/h5-12,18,29H,1-4H3,(H,26,27)(H,28,32). The molecule has 0 aliphatic heterocycles. The van der Waals surface area contributed by atoms with Crippen molar-refractivity contribution in [3.05, 3.63) is 64.6 Å². The Morgan fingerprint density at radius 2 is 1.88 bits per heavy atom. The van der Waals surface area contributed by atoms with Crippen molar-refractivity contribution in [3.8, 4) is 11.4 Å². The Hall–Kier alpha value is -4.01. The van der Waals surface area contributed by atoms with Crippen LogP contribution in [-0.2, 0) is 7.05 Å². The first-order valence-corrected chi connectivity index (χ1v) is 10.5. The average molecular weight is 429 g/mol. The maximum absolute atomic E-state index is 13.3. The summed E-state index contributed by atoms with van der Waals surface area (Å²) in [6.45, 7) is 6.19. The topological polar surface area (TPSA) is 117 Å². The molecule has 0 spiro atoms. The van der Waals surface area contributed by atoms with Crippen LogP contribution in [0.5, 0.6) is 0 Å². The van der Waals surface area contributed by atoms with Crippen LogP contribution in [0.25, 0.3) is 33.5 Å². The molecule has 1 aromatic carbocycles. The van der Waals surface area contributed by atoms with E-state index >= 15 is 0 Å². The van der Waals surface area contributed by atoms with Crippen LogP contribution in [0, 0.1) is 12.8 Å². The summed E-state index contributed by atoms with van der Waals surface area (Å²) >= 11 is 0. The summed E-state index contributed by atoms with van der Waals surface area (Å²) in [5, 5.41) is 8.15. The molecule has 9 nitrogen and oxygen atoms in total. The van der Waals surface area contributed by atoms with Gasteiger partial charge in [-0.2, -0.15) is 5.10 Å². The van der Waals surface area contributed by atoms with E-state index < -0.39 is 0 Å². The van der Waals surface area contributed by atoms with Gasteiger partial charge < -0.3 is 15.3 Å². The van der Waals surface area contributed by atoms with Crippen molar-refractivity contribution in [3.63, 3.8) is 0 Å². The Balaban J connectivity index is 1.75. The van der Waals surface area contributed by atoms with Gasteiger partial charge in [0.25, 0.3) is 5.56 Å². The lowest BCUT2D eigenvalue weighted by Gasteiger charge is -2.23. The molecule has 0 saturated heterocycles. The van der Waals surface area contributed by atoms with Crippen LogP contribution in [-0.4, -0.2) is 34.7 Å². The maximum atomic E-state index is 13.3. The number of nitrogens with zero attached hydrogens (tertiary/aromatic N) is 5. The minimum absolute atomic E-state index is 0.154. The Bertz CT molecular complexity index is 1480. The Labute approximate surface area is 184 Å². The molecule has 1 unspecified atom stereocenters. The molecule has 1 atom stereocenters. The molecule has 9 heteroatoms. The molecule has 0 saturated carbocycles. The number of fused-ring (bicyclic) bond motifs is 2. The highest BCUT2D eigenvalue weighted by Gasteiger charge is 2.25. The third kappa shape index (κ3) is 3.41. The third-order valence-electron chi connectivity index (χ3n) is 5.50. The van der Waals surface area contributed by atoms with Crippen LogP contribution in [0.4, 0.5) is 5.69 Å². The highest BCUT2D eigenvalue weighted by Crippen LogP contribution is 2.34. The van der Waals surface area contributed by atoms with Crippen LogP contribution < -0.4 is 10.9 Å². The fourth-order valence-electron chi connectivity index (χ4n) is 3.95. The molecule has 4 heterocycles. The zero-order valence-corrected chi connectivity index (χ0v) is 18.3. The van der Waals surface area contributed by atoms with Crippen molar-refractivity contribution in [2.45, 2.75) is 26.8 Å². The fraction of sp³-hybridized carbons (Fsp3) is 0.261. The molecule has 0 radical (unpaired) electrons. The zero-order valence-electron chi connectivity index (χ0n) is 18.3. The SMILES string of the molecule is Cc1ccc2nc(-c3c(NC(c4ncccn4)C(C)C)c4nn(C)cc4[nH]c3=O)[nH]c2c1. The number of hydrogen-bond acceptors (Lipinski definition) is 6. The van der Waals surface area contributed by atoms with Gasteiger partial charge in [-0.15, -0.1) is 0 Å². The first-order valence-electron chi connectivity index (χ1n) is 10.5. The second kappa shape index (κ2) is 7.60. The second-order valence-corrected chi connectivity index (χ2v) is 8.35. The van der Waals surface area contributed by atoms with E-state index in [1.807, 2.05) is 32.2 Å². The summed E-state index contributed by atoms with van der Waals surface area (Å²) in [6.07, 6.45) is 5.23.